The van der Waals surface area contributed by atoms with E-state index in [0.717, 1.165) is 15.4 Å². The van der Waals surface area contributed by atoms with Crippen LogP contribution in [0.25, 0.3) is 0 Å². The van der Waals surface area contributed by atoms with E-state index in [9.17, 15) is 9.90 Å². The molecular formula is C13H17Br2NO2. The minimum Gasteiger partial charge on any atom is -0.388 e. The second-order valence-corrected chi connectivity index (χ2v) is 6.32. The van der Waals surface area contributed by atoms with E-state index in [0.29, 0.717) is 12.0 Å². The third-order valence-corrected chi connectivity index (χ3v) is 3.78. The molecular weight excluding hydrogens is 362 g/mol. The first kappa shape index (κ1) is 15.7. The summed E-state index contributed by atoms with van der Waals surface area (Å²) in [6.45, 7) is 3.98. The molecule has 1 amide bonds. The summed E-state index contributed by atoms with van der Waals surface area (Å²) in [7, 11) is 0. The van der Waals surface area contributed by atoms with Crippen LogP contribution in [0.3, 0.4) is 0 Å². The number of nitrogens with one attached hydrogen (secondary N) is 1. The van der Waals surface area contributed by atoms with Crippen molar-refractivity contribution in [3.05, 3.63) is 32.7 Å². The number of hydrogen-bond acceptors (Lipinski definition) is 2. The summed E-state index contributed by atoms with van der Waals surface area (Å²) >= 11 is 6.67. The van der Waals surface area contributed by atoms with Crippen LogP contribution in [0.5, 0.6) is 0 Å². The molecule has 0 fully saturated rings. The van der Waals surface area contributed by atoms with E-state index in [4.69, 9.17) is 0 Å². The van der Waals surface area contributed by atoms with E-state index in [1.165, 1.54) is 0 Å². The standard InChI is InChI=1S/C13H17Br2NO2/c1-3-6-13(2,18)8-16-12(17)10-7-9(14)4-5-11(10)15/h4-5,7,18H,3,6,8H2,1-2H3,(H,16,17). The Morgan fingerprint density at radius 3 is 2.72 bits per heavy atom. The third-order valence-electron chi connectivity index (χ3n) is 2.59. The molecule has 2 N–H and O–H groups in total. The number of carbonyl (C=O) groups is 1. The highest BCUT2D eigenvalue weighted by Crippen LogP contribution is 2.21. The monoisotopic (exact) mass is 377 g/mol. The van der Waals surface area contributed by atoms with Crippen molar-refractivity contribution in [1.82, 2.24) is 5.32 Å². The first-order chi connectivity index (χ1) is 8.35. The van der Waals surface area contributed by atoms with Gasteiger partial charge >= 0.3 is 0 Å². The van der Waals surface area contributed by atoms with Crippen molar-refractivity contribution in [1.29, 1.82) is 0 Å². The fourth-order valence-corrected chi connectivity index (χ4v) is 2.45. The zero-order valence-electron chi connectivity index (χ0n) is 10.5. The molecule has 1 atom stereocenters. The van der Waals surface area contributed by atoms with Crippen LogP contribution in [0.15, 0.2) is 27.1 Å². The van der Waals surface area contributed by atoms with Gasteiger partial charge in [0.1, 0.15) is 0 Å². The summed E-state index contributed by atoms with van der Waals surface area (Å²) in [6.07, 6.45) is 1.54. The molecule has 100 valence electrons. The van der Waals surface area contributed by atoms with Crippen LogP contribution in [0.4, 0.5) is 0 Å². The maximum absolute atomic E-state index is 12.0. The van der Waals surface area contributed by atoms with E-state index in [-0.39, 0.29) is 12.5 Å². The summed E-state index contributed by atoms with van der Waals surface area (Å²) in [4.78, 5) is 12.0. The molecule has 0 saturated carbocycles. The first-order valence-corrected chi connectivity index (χ1v) is 7.40. The van der Waals surface area contributed by atoms with E-state index < -0.39 is 5.60 Å². The first-order valence-electron chi connectivity index (χ1n) is 5.81. The fourth-order valence-electron chi connectivity index (χ4n) is 1.66. The minimum atomic E-state index is -0.858. The minimum absolute atomic E-state index is 0.195. The van der Waals surface area contributed by atoms with Gasteiger partial charge in [-0.15, -0.1) is 0 Å². The van der Waals surface area contributed by atoms with Gasteiger partial charge in [-0.1, -0.05) is 29.3 Å². The molecule has 18 heavy (non-hydrogen) atoms. The summed E-state index contributed by atoms with van der Waals surface area (Å²) in [5, 5.41) is 12.8. The predicted octanol–water partition coefficient (Wildman–Crippen LogP) is 3.49. The zero-order valence-corrected chi connectivity index (χ0v) is 13.6. The van der Waals surface area contributed by atoms with E-state index >= 15 is 0 Å². The maximum atomic E-state index is 12.0. The number of amides is 1. The Balaban J connectivity index is 2.69. The van der Waals surface area contributed by atoms with Crippen molar-refractivity contribution in [2.45, 2.75) is 32.3 Å². The van der Waals surface area contributed by atoms with Gasteiger partial charge in [0, 0.05) is 15.5 Å². The van der Waals surface area contributed by atoms with Crippen molar-refractivity contribution in [3.63, 3.8) is 0 Å². The molecule has 0 radical (unpaired) electrons. The Labute approximate surface area is 124 Å². The predicted molar refractivity (Wildman–Crippen MR) is 79.7 cm³/mol. The molecule has 0 saturated heterocycles. The van der Waals surface area contributed by atoms with Gasteiger partial charge in [-0.05, 0) is 47.5 Å². The molecule has 0 spiro atoms. The molecule has 1 aromatic rings. The Kier molecular flexibility index (Phi) is 5.82. The van der Waals surface area contributed by atoms with Crippen LogP contribution >= 0.6 is 31.9 Å². The summed E-state index contributed by atoms with van der Waals surface area (Å²) in [5.74, 6) is -0.195. The second kappa shape index (κ2) is 6.68. The van der Waals surface area contributed by atoms with Crippen molar-refractivity contribution < 1.29 is 9.90 Å². The zero-order chi connectivity index (χ0) is 13.8. The van der Waals surface area contributed by atoms with Crippen LogP contribution in [0.1, 0.15) is 37.0 Å². The van der Waals surface area contributed by atoms with Gasteiger partial charge in [0.15, 0.2) is 0 Å². The topological polar surface area (TPSA) is 49.3 Å². The molecule has 0 aliphatic rings. The smallest absolute Gasteiger partial charge is 0.252 e. The number of carbonyl (C=O) groups excluding carboxylic acids is 1. The third kappa shape index (κ3) is 4.71. The molecule has 0 aliphatic heterocycles. The lowest BCUT2D eigenvalue weighted by molar-refractivity contribution is 0.0469. The number of halogens is 2. The van der Waals surface area contributed by atoms with Crippen molar-refractivity contribution in [3.8, 4) is 0 Å². The number of benzene rings is 1. The quantitative estimate of drug-likeness (QED) is 0.823. The normalized spacial score (nSPS) is 14.1. The average molecular weight is 379 g/mol. The van der Waals surface area contributed by atoms with E-state index in [1.54, 1.807) is 13.0 Å². The highest BCUT2D eigenvalue weighted by molar-refractivity contribution is 9.11. The highest BCUT2D eigenvalue weighted by atomic mass is 79.9. The van der Waals surface area contributed by atoms with Gasteiger partial charge < -0.3 is 10.4 Å². The molecule has 0 aliphatic carbocycles. The van der Waals surface area contributed by atoms with Crippen LogP contribution < -0.4 is 5.32 Å². The van der Waals surface area contributed by atoms with Gasteiger partial charge in [0.2, 0.25) is 0 Å². The van der Waals surface area contributed by atoms with Gasteiger partial charge in [-0.2, -0.15) is 0 Å². The highest BCUT2D eigenvalue weighted by Gasteiger charge is 2.20. The molecule has 0 aromatic heterocycles. The van der Waals surface area contributed by atoms with Crippen LogP contribution in [0, 0.1) is 0 Å². The molecule has 5 heteroatoms. The summed E-state index contributed by atoms with van der Waals surface area (Å²) < 4.78 is 1.58. The molecule has 0 bridgehead atoms. The summed E-state index contributed by atoms with van der Waals surface area (Å²) in [6, 6.07) is 5.41. The lowest BCUT2D eigenvalue weighted by Crippen LogP contribution is -2.40. The van der Waals surface area contributed by atoms with Crippen molar-refractivity contribution in [2.75, 3.05) is 6.54 Å². The average Bonchev–Trinajstić information content (AvgIpc) is 2.29. The molecule has 3 nitrogen and oxygen atoms in total. The Bertz CT molecular complexity index is 433. The molecule has 1 aromatic carbocycles. The lowest BCUT2D eigenvalue weighted by Gasteiger charge is -2.23. The van der Waals surface area contributed by atoms with Gasteiger partial charge in [0.25, 0.3) is 5.91 Å². The van der Waals surface area contributed by atoms with Gasteiger partial charge in [-0.25, -0.2) is 0 Å². The van der Waals surface area contributed by atoms with Crippen LogP contribution in [0.2, 0.25) is 0 Å². The number of hydrogen-bond donors (Lipinski definition) is 2. The Morgan fingerprint density at radius 1 is 1.44 bits per heavy atom. The van der Waals surface area contributed by atoms with Crippen molar-refractivity contribution in [2.24, 2.45) is 0 Å². The largest absolute Gasteiger partial charge is 0.388 e. The fraction of sp³-hybridized carbons (Fsp3) is 0.462. The van der Waals surface area contributed by atoms with E-state index in [2.05, 4.69) is 37.2 Å². The van der Waals surface area contributed by atoms with Gasteiger partial charge in [-0.3, -0.25) is 4.79 Å². The Hall–Kier alpha value is -0.390. The van der Waals surface area contributed by atoms with Gasteiger partial charge in [0.05, 0.1) is 11.2 Å². The number of rotatable bonds is 5. The van der Waals surface area contributed by atoms with Crippen LogP contribution in [-0.4, -0.2) is 23.2 Å². The second-order valence-electron chi connectivity index (χ2n) is 4.55. The summed E-state index contributed by atoms with van der Waals surface area (Å²) in [5.41, 5.74) is -0.306. The maximum Gasteiger partial charge on any atom is 0.252 e. The van der Waals surface area contributed by atoms with E-state index in [1.807, 2.05) is 19.1 Å². The Morgan fingerprint density at radius 2 is 2.11 bits per heavy atom. The van der Waals surface area contributed by atoms with Crippen molar-refractivity contribution >= 4 is 37.8 Å². The SMILES string of the molecule is CCCC(C)(O)CNC(=O)c1cc(Br)ccc1Br. The lowest BCUT2D eigenvalue weighted by atomic mass is 10.0. The molecule has 1 rings (SSSR count). The number of aliphatic hydroxyl groups is 1. The molecule has 1 unspecified atom stereocenters. The molecule has 0 heterocycles. The van der Waals surface area contributed by atoms with Crippen LogP contribution in [-0.2, 0) is 0 Å².